The van der Waals surface area contributed by atoms with Crippen LogP contribution in [0, 0.1) is 17.1 Å². The minimum Gasteiger partial charge on any atom is -0.442 e. The number of cyclic esters (lactones) is 1. The van der Waals surface area contributed by atoms with E-state index in [1.165, 1.54) is 17.2 Å². The quantitative estimate of drug-likeness (QED) is 0.647. The van der Waals surface area contributed by atoms with E-state index in [9.17, 15) is 14.4 Å². The Labute approximate surface area is 177 Å². The number of hydrogen-bond acceptors (Lipinski definition) is 7. The largest absolute Gasteiger partial charge is 0.442 e. The topological polar surface area (TPSA) is 104 Å². The number of benzene rings is 1. The molecule has 0 bridgehead atoms. The Bertz CT molecular complexity index is 1150. The van der Waals surface area contributed by atoms with Gasteiger partial charge in [0.15, 0.2) is 5.82 Å². The number of ether oxygens (including phenoxy) is 1. The van der Waals surface area contributed by atoms with Crippen molar-refractivity contribution in [2.45, 2.75) is 24.4 Å². The van der Waals surface area contributed by atoms with Gasteiger partial charge in [-0.15, -0.1) is 0 Å². The Hall–Kier alpha value is -3.93. The maximum Gasteiger partial charge on any atom is 0.414 e. The van der Waals surface area contributed by atoms with Gasteiger partial charge in [-0.3, -0.25) is 9.88 Å². The Morgan fingerprint density at radius 3 is 2.81 bits per heavy atom. The molecule has 2 fully saturated rings. The van der Waals surface area contributed by atoms with Gasteiger partial charge in [-0.25, -0.2) is 9.18 Å². The Morgan fingerprint density at radius 1 is 1.29 bits per heavy atom. The molecule has 31 heavy (non-hydrogen) atoms. The number of amides is 1. The van der Waals surface area contributed by atoms with Gasteiger partial charge < -0.3 is 14.6 Å². The number of carbonyl (C=O) groups is 1. The number of carbonyl (C=O) groups excluding carboxylic acids is 1. The Kier molecular flexibility index (Phi) is 4.55. The zero-order valence-electron chi connectivity index (χ0n) is 16.4. The summed E-state index contributed by atoms with van der Waals surface area (Å²) in [5.41, 5.74) is 1.65. The summed E-state index contributed by atoms with van der Waals surface area (Å²) in [7, 11) is 0. The van der Waals surface area contributed by atoms with Crippen molar-refractivity contribution in [2.24, 2.45) is 0 Å². The highest BCUT2D eigenvalue weighted by atomic mass is 19.1. The van der Waals surface area contributed by atoms with Crippen LogP contribution in [0.25, 0.3) is 11.1 Å². The van der Waals surface area contributed by atoms with Crippen LogP contribution in [0.3, 0.4) is 0 Å². The average molecular weight is 419 g/mol. The summed E-state index contributed by atoms with van der Waals surface area (Å²) in [5.74, 6) is 0.0809. The summed E-state index contributed by atoms with van der Waals surface area (Å²) in [6, 6.07) is 12.1. The van der Waals surface area contributed by atoms with Crippen molar-refractivity contribution in [3.05, 3.63) is 60.4 Å². The second-order valence-electron chi connectivity index (χ2n) is 7.67. The number of nitriles is 1. The van der Waals surface area contributed by atoms with E-state index in [4.69, 9.17) is 9.26 Å². The molecule has 1 aliphatic heterocycles. The Balaban J connectivity index is 1.29. The van der Waals surface area contributed by atoms with Crippen LogP contribution in [0.2, 0.25) is 0 Å². The number of hydrogen-bond donors (Lipinski definition) is 1. The molecule has 8 nitrogen and oxygen atoms in total. The first-order valence-electron chi connectivity index (χ1n) is 9.88. The molecule has 2 aliphatic rings. The van der Waals surface area contributed by atoms with Crippen molar-refractivity contribution in [1.82, 2.24) is 10.1 Å². The molecule has 0 spiro atoms. The van der Waals surface area contributed by atoms with E-state index in [0.717, 1.165) is 18.5 Å². The molecule has 1 saturated carbocycles. The highest BCUT2D eigenvalue weighted by Crippen LogP contribution is 2.46. The second kappa shape index (κ2) is 7.40. The van der Waals surface area contributed by atoms with E-state index in [2.05, 4.69) is 21.5 Å². The van der Waals surface area contributed by atoms with Gasteiger partial charge in [0.25, 0.3) is 0 Å². The molecule has 0 unspecified atom stereocenters. The fraction of sp³-hybridized carbons (Fsp3) is 0.273. The first-order valence-corrected chi connectivity index (χ1v) is 9.88. The van der Waals surface area contributed by atoms with Crippen molar-refractivity contribution in [2.75, 3.05) is 23.3 Å². The maximum atomic E-state index is 14.9. The molecule has 156 valence electrons. The lowest BCUT2D eigenvalue weighted by Crippen LogP contribution is -2.27. The zero-order chi connectivity index (χ0) is 21.4. The highest BCUT2D eigenvalue weighted by Gasteiger charge is 2.46. The third kappa shape index (κ3) is 3.57. The first kappa shape index (κ1) is 19.1. The predicted octanol–water partition coefficient (Wildman–Crippen LogP) is 3.87. The fourth-order valence-electron chi connectivity index (χ4n) is 3.65. The molecule has 0 radical (unpaired) electrons. The minimum absolute atomic E-state index is 0.287. The van der Waals surface area contributed by atoms with Gasteiger partial charge in [0, 0.05) is 23.4 Å². The van der Waals surface area contributed by atoms with Crippen LogP contribution in [-0.2, 0) is 10.2 Å². The molecule has 2 aromatic heterocycles. The van der Waals surface area contributed by atoms with Gasteiger partial charge in [0.05, 0.1) is 36.0 Å². The van der Waals surface area contributed by atoms with E-state index in [-0.39, 0.29) is 6.54 Å². The highest BCUT2D eigenvalue weighted by molar-refractivity contribution is 5.90. The number of nitrogens with one attached hydrogen (secondary N) is 1. The van der Waals surface area contributed by atoms with E-state index < -0.39 is 23.4 Å². The van der Waals surface area contributed by atoms with E-state index in [1.807, 2.05) is 0 Å². The van der Waals surface area contributed by atoms with Crippen molar-refractivity contribution in [3.63, 3.8) is 0 Å². The van der Waals surface area contributed by atoms with E-state index in [0.29, 0.717) is 29.2 Å². The summed E-state index contributed by atoms with van der Waals surface area (Å²) < 4.78 is 25.0. The SMILES string of the molecule is N#CC1(c2ccc(-c3ccc(N4C[C@H](CNc5ccon5)OC4=O)cc3F)cn2)CC1. The third-order valence-electron chi connectivity index (χ3n) is 5.62. The van der Waals surface area contributed by atoms with E-state index >= 15 is 0 Å². The zero-order valence-corrected chi connectivity index (χ0v) is 16.4. The fourth-order valence-corrected chi connectivity index (χ4v) is 3.65. The van der Waals surface area contributed by atoms with Gasteiger partial charge >= 0.3 is 6.09 Å². The predicted molar refractivity (Wildman–Crippen MR) is 109 cm³/mol. The molecular formula is C22H18FN5O3. The minimum atomic E-state index is -0.531. The monoisotopic (exact) mass is 419 g/mol. The van der Waals surface area contributed by atoms with Gasteiger partial charge in [0.2, 0.25) is 0 Å². The van der Waals surface area contributed by atoms with Crippen LogP contribution >= 0.6 is 0 Å². The van der Waals surface area contributed by atoms with Crippen molar-refractivity contribution in [3.8, 4) is 17.2 Å². The number of aromatic nitrogens is 2. The number of rotatable bonds is 6. The lowest BCUT2D eigenvalue weighted by atomic mass is 10.0. The van der Waals surface area contributed by atoms with Crippen LogP contribution in [0.1, 0.15) is 18.5 Å². The van der Waals surface area contributed by atoms with Crippen LogP contribution in [0.4, 0.5) is 20.7 Å². The van der Waals surface area contributed by atoms with Crippen molar-refractivity contribution in [1.29, 1.82) is 5.26 Å². The molecule has 9 heteroatoms. The number of anilines is 2. The van der Waals surface area contributed by atoms with Gasteiger partial charge in [-0.2, -0.15) is 5.26 Å². The molecule has 1 amide bonds. The van der Waals surface area contributed by atoms with Gasteiger partial charge in [-0.05, 0) is 37.1 Å². The lowest BCUT2D eigenvalue weighted by molar-refractivity contribution is 0.147. The maximum absolute atomic E-state index is 14.9. The molecule has 1 atom stereocenters. The van der Waals surface area contributed by atoms with Gasteiger partial charge in [-0.1, -0.05) is 11.2 Å². The van der Waals surface area contributed by atoms with Gasteiger partial charge in [0.1, 0.15) is 18.2 Å². The molecular weight excluding hydrogens is 401 g/mol. The molecule has 3 heterocycles. The summed E-state index contributed by atoms with van der Waals surface area (Å²) in [6.07, 6.45) is 3.70. The summed E-state index contributed by atoms with van der Waals surface area (Å²) in [4.78, 5) is 18.0. The molecule has 3 aromatic rings. The normalized spacial score (nSPS) is 19.0. The average Bonchev–Trinajstić information content (AvgIpc) is 3.23. The Morgan fingerprint density at radius 2 is 2.16 bits per heavy atom. The number of pyridine rings is 1. The third-order valence-corrected chi connectivity index (χ3v) is 5.62. The summed E-state index contributed by atoms with van der Waals surface area (Å²) >= 11 is 0. The van der Waals surface area contributed by atoms with Crippen LogP contribution in [0.5, 0.6) is 0 Å². The van der Waals surface area contributed by atoms with Crippen LogP contribution in [0.15, 0.2) is 53.4 Å². The lowest BCUT2D eigenvalue weighted by Gasteiger charge is -2.15. The summed E-state index contributed by atoms with van der Waals surface area (Å²) in [5, 5.41) is 16.0. The number of halogens is 1. The van der Waals surface area contributed by atoms with Crippen molar-refractivity contribution < 1.29 is 18.4 Å². The molecule has 1 aromatic carbocycles. The van der Waals surface area contributed by atoms with Crippen LogP contribution < -0.4 is 10.2 Å². The molecule has 1 aliphatic carbocycles. The molecule has 5 rings (SSSR count). The van der Waals surface area contributed by atoms with Crippen molar-refractivity contribution >= 4 is 17.6 Å². The summed E-state index contributed by atoms with van der Waals surface area (Å²) in [6.45, 7) is 0.645. The molecule has 1 N–H and O–H groups in total. The number of nitrogens with zero attached hydrogens (tertiary/aromatic N) is 4. The second-order valence-corrected chi connectivity index (χ2v) is 7.67. The smallest absolute Gasteiger partial charge is 0.414 e. The van der Waals surface area contributed by atoms with Crippen LogP contribution in [-0.4, -0.2) is 35.4 Å². The van der Waals surface area contributed by atoms with E-state index in [1.54, 1.807) is 36.5 Å². The molecule has 1 saturated heterocycles. The standard InChI is InChI=1S/C22H18FN5O3/c23-18-9-15(28-12-16(31-21(28)29)11-26-20-5-8-30-27-20)2-3-17(18)14-1-4-19(25-10-14)22(13-24)6-7-22/h1-5,8-10,16H,6-7,11-12H2,(H,26,27)/t16-/m0/s1. The first-order chi connectivity index (χ1) is 15.1.